The number of pyridine rings is 1. The number of piperidine rings is 2. The van der Waals surface area contributed by atoms with Crippen molar-refractivity contribution in [3.8, 4) is 0 Å². The predicted octanol–water partition coefficient (Wildman–Crippen LogP) is 6.75. The summed E-state index contributed by atoms with van der Waals surface area (Å²) in [4.78, 5) is 18.6. The lowest BCUT2D eigenvalue weighted by molar-refractivity contribution is -0.0875. The maximum absolute atomic E-state index is 15.6. The smallest absolute Gasteiger partial charge is 0.276 e. The summed E-state index contributed by atoms with van der Waals surface area (Å²) in [7, 11) is 0. The van der Waals surface area contributed by atoms with Crippen LogP contribution in [0.3, 0.4) is 0 Å². The van der Waals surface area contributed by atoms with Gasteiger partial charge in [0, 0.05) is 35.8 Å². The van der Waals surface area contributed by atoms with Crippen molar-refractivity contribution in [1.29, 1.82) is 0 Å². The first kappa shape index (κ1) is 28.8. The van der Waals surface area contributed by atoms with Gasteiger partial charge in [0.15, 0.2) is 5.65 Å². The van der Waals surface area contributed by atoms with Crippen molar-refractivity contribution in [2.24, 2.45) is 5.92 Å². The molecule has 0 unspecified atom stereocenters. The molecule has 2 aromatic heterocycles. The van der Waals surface area contributed by atoms with Crippen molar-refractivity contribution in [1.82, 2.24) is 24.8 Å². The maximum Gasteiger partial charge on any atom is 0.276 e. The number of aryl methyl sites for hydroxylation is 1. The minimum absolute atomic E-state index is 0.106. The van der Waals surface area contributed by atoms with Crippen molar-refractivity contribution >= 4 is 16.9 Å². The van der Waals surface area contributed by atoms with Gasteiger partial charge in [0.2, 0.25) is 0 Å². The van der Waals surface area contributed by atoms with Crippen LogP contribution in [0.5, 0.6) is 0 Å². The molecule has 2 saturated heterocycles. The molecule has 0 aliphatic carbocycles. The largest absolute Gasteiger partial charge is 0.365 e. The summed E-state index contributed by atoms with van der Waals surface area (Å²) in [6, 6.07) is 10.0. The van der Waals surface area contributed by atoms with Crippen LogP contribution in [0.25, 0.3) is 11.0 Å². The van der Waals surface area contributed by atoms with Crippen molar-refractivity contribution < 1.29 is 8.78 Å². The van der Waals surface area contributed by atoms with Gasteiger partial charge in [-0.15, -0.1) is 0 Å². The summed E-state index contributed by atoms with van der Waals surface area (Å²) >= 11 is 0. The van der Waals surface area contributed by atoms with Crippen LogP contribution in [0.15, 0.2) is 36.7 Å². The Morgan fingerprint density at radius 1 is 0.925 bits per heavy atom. The van der Waals surface area contributed by atoms with Crippen molar-refractivity contribution in [3.63, 3.8) is 0 Å². The van der Waals surface area contributed by atoms with E-state index in [1.807, 2.05) is 6.07 Å². The number of alkyl halides is 2. The van der Waals surface area contributed by atoms with Crippen LogP contribution in [0.2, 0.25) is 0 Å². The summed E-state index contributed by atoms with van der Waals surface area (Å²) < 4.78 is 31.2. The van der Waals surface area contributed by atoms with Gasteiger partial charge >= 0.3 is 0 Å². The minimum atomic E-state index is -2.85. The molecule has 8 heteroatoms. The number of rotatable bonds is 8. The number of aromatic nitrogens is 3. The Hall–Kier alpha value is -2.71. The van der Waals surface area contributed by atoms with E-state index in [2.05, 4.69) is 65.8 Å². The van der Waals surface area contributed by atoms with Crippen LogP contribution in [0.4, 0.5) is 14.6 Å². The molecule has 1 aromatic carbocycles. The molecule has 5 rings (SSSR count). The summed E-state index contributed by atoms with van der Waals surface area (Å²) in [6.07, 6.45) is 4.78. The number of hydrogen-bond acceptors (Lipinski definition) is 6. The third kappa shape index (κ3) is 6.13. The fourth-order valence-corrected chi connectivity index (χ4v) is 6.46. The monoisotopic (exact) mass is 550 g/mol. The molecule has 1 N–H and O–H groups in total. The second-order valence-electron chi connectivity index (χ2n) is 12.2. The van der Waals surface area contributed by atoms with Gasteiger partial charge in [0.25, 0.3) is 5.92 Å². The van der Waals surface area contributed by atoms with E-state index < -0.39 is 11.8 Å². The number of benzene rings is 1. The average Bonchev–Trinajstić information content (AvgIpc) is 2.96. The molecule has 3 aromatic rings. The topological polar surface area (TPSA) is 57.2 Å². The van der Waals surface area contributed by atoms with E-state index in [1.54, 1.807) is 18.2 Å². The molecule has 0 spiro atoms. The average molecular weight is 551 g/mol. The molecule has 0 saturated carbocycles. The van der Waals surface area contributed by atoms with Gasteiger partial charge in [-0.2, -0.15) is 0 Å². The number of halogens is 2. The highest BCUT2D eigenvalue weighted by molar-refractivity contribution is 5.87. The van der Waals surface area contributed by atoms with Crippen LogP contribution >= 0.6 is 0 Å². The fourth-order valence-electron chi connectivity index (χ4n) is 6.46. The van der Waals surface area contributed by atoms with Crippen LogP contribution in [0.1, 0.15) is 81.7 Å². The summed E-state index contributed by atoms with van der Waals surface area (Å²) in [6.45, 7) is 14.9. The molecule has 0 atom stereocenters. The maximum atomic E-state index is 15.6. The molecule has 0 radical (unpaired) electrons. The Balaban J connectivity index is 1.31. The van der Waals surface area contributed by atoms with Crippen molar-refractivity contribution in [3.05, 3.63) is 59.0 Å². The molecule has 0 bridgehead atoms. The van der Waals surface area contributed by atoms with Crippen LogP contribution in [-0.2, 0) is 12.5 Å². The van der Waals surface area contributed by atoms with Gasteiger partial charge in [-0.3, -0.25) is 0 Å². The normalized spacial score (nSPS) is 18.7. The predicted molar refractivity (Wildman–Crippen MR) is 158 cm³/mol. The third-order valence-electron chi connectivity index (χ3n) is 9.10. The van der Waals surface area contributed by atoms with Crippen LogP contribution in [0, 0.1) is 12.8 Å². The molecule has 2 aliphatic rings. The highest BCUT2D eigenvalue weighted by atomic mass is 19.3. The van der Waals surface area contributed by atoms with E-state index in [9.17, 15) is 0 Å². The standard InChI is InChI=1S/C32H44F2N6/c1-21(2)39-13-9-25(10-14-39)28-18-29-30(36-20-37-31(29)38-23(28)5)35-19-24-7-6-8-27(17-24)32(33,34)26-11-15-40(16-12-26)22(3)4/h6-8,17-18,20-22,25-26H,9-16,19H2,1-5H3,(H,35,36,37,38). The number of anilines is 1. The minimum Gasteiger partial charge on any atom is -0.365 e. The van der Waals surface area contributed by atoms with Gasteiger partial charge in [-0.25, -0.2) is 23.7 Å². The van der Waals surface area contributed by atoms with Crippen molar-refractivity contribution in [2.75, 3.05) is 31.5 Å². The molecular weight excluding hydrogens is 506 g/mol. The van der Waals surface area contributed by atoms with Crippen LogP contribution in [-0.4, -0.2) is 63.0 Å². The van der Waals surface area contributed by atoms with Gasteiger partial charge in [0.1, 0.15) is 12.1 Å². The lowest BCUT2D eigenvalue weighted by Crippen LogP contribution is -2.42. The Morgan fingerprint density at radius 2 is 1.57 bits per heavy atom. The van der Waals surface area contributed by atoms with Crippen molar-refractivity contribution in [2.45, 2.75) is 90.8 Å². The van der Waals surface area contributed by atoms with E-state index in [4.69, 9.17) is 4.98 Å². The van der Waals surface area contributed by atoms with Gasteiger partial charge in [-0.1, -0.05) is 18.2 Å². The second-order valence-corrected chi connectivity index (χ2v) is 12.2. The zero-order chi connectivity index (χ0) is 28.4. The molecule has 216 valence electrons. The molecule has 40 heavy (non-hydrogen) atoms. The molecule has 2 aliphatic heterocycles. The van der Waals surface area contributed by atoms with E-state index in [-0.39, 0.29) is 5.56 Å². The Morgan fingerprint density at radius 3 is 2.23 bits per heavy atom. The quantitative estimate of drug-likeness (QED) is 0.335. The van der Waals surface area contributed by atoms with E-state index >= 15 is 8.78 Å². The lowest BCUT2D eigenvalue weighted by atomic mass is 9.85. The molecule has 2 fully saturated rings. The van der Waals surface area contributed by atoms with Gasteiger partial charge < -0.3 is 15.1 Å². The number of fused-ring (bicyclic) bond motifs is 1. The Labute approximate surface area is 237 Å². The van der Waals surface area contributed by atoms with Gasteiger partial charge in [-0.05, 0) is 116 Å². The summed E-state index contributed by atoms with van der Waals surface area (Å²) in [5.41, 5.74) is 3.86. The van der Waals surface area contributed by atoms with E-state index in [0.29, 0.717) is 48.9 Å². The SMILES string of the molecule is Cc1nc2ncnc(NCc3cccc(C(F)(F)C4CCN(C(C)C)CC4)c3)c2cc1C1CCN(C(C)C)CC1. The van der Waals surface area contributed by atoms with E-state index in [0.717, 1.165) is 55.7 Å². The molecule has 6 nitrogen and oxygen atoms in total. The Kier molecular flexibility index (Phi) is 8.66. The van der Waals surface area contributed by atoms with Gasteiger partial charge in [0.05, 0.1) is 5.39 Å². The third-order valence-corrected chi connectivity index (χ3v) is 9.10. The number of hydrogen-bond donors (Lipinski definition) is 1. The fraction of sp³-hybridized carbons (Fsp3) is 0.594. The lowest BCUT2D eigenvalue weighted by Gasteiger charge is -2.38. The number of likely N-dealkylation sites (tertiary alicyclic amines) is 2. The van der Waals surface area contributed by atoms with E-state index in [1.165, 1.54) is 11.9 Å². The molecule has 0 amide bonds. The highest BCUT2D eigenvalue weighted by Gasteiger charge is 2.42. The first-order chi connectivity index (χ1) is 19.1. The first-order valence-electron chi connectivity index (χ1n) is 14.9. The second kappa shape index (κ2) is 12.0. The zero-order valence-electron chi connectivity index (χ0n) is 24.6. The summed E-state index contributed by atoms with van der Waals surface area (Å²) in [5, 5.41) is 4.28. The zero-order valence-corrected chi connectivity index (χ0v) is 24.6. The van der Waals surface area contributed by atoms with Crippen LogP contribution < -0.4 is 5.32 Å². The summed E-state index contributed by atoms with van der Waals surface area (Å²) in [5.74, 6) is -2.32. The molecule has 4 heterocycles. The highest BCUT2D eigenvalue weighted by Crippen LogP contribution is 2.42. The molecular formula is C32H44F2N6. The number of nitrogens with zero attached hydrogens (tertiary/aromatic N) is 5. The number of nitrogens with one attached hydrogen (secondary N) is 1. The Bertz CT molecular complexity index is 1290. The first-order valence-corrected chi connectivity index (χ1v) is 14.9.